The molecule has 1 aromatic rings. The predicted octanol–water partition coefficient (Wildman–Crippen LogP) is 3.04. The zero-order valence-electron chi connectivity index (χ0n) is 17.6. The topological polar surface area (TPSA) is 83.9 Å². The molecule has 4 fully saturated rings. The van der Waals surface area contributed by atoms with E-state index in [1.807, 2.05) is 6.07 Å². The van der Waals surface area contributed by atoms with Gasteiger partial charge in [-0.25, -0.2) is 0 Å². The van der Waals surface area contributed by atoms with Gasteiger partial charge in [0.25, 0.3) is 0 Å². The van der Waals surface area contributed by atoms with E-state index >= 15 is 0 Å². The Balaban J connectivity index is 1.30. The molecule has 0 radical (unpaired) electrons. The van der Waals surface area contributed by atoms with Crippen LogP contribution in [0.2, 0.25) is 0 Å². The van der Waals surface area contributed by atoms with Gasteiger partial charge in [0, 0.05) is 24.7 Å². The van der Waals surface area contributed by atoms with Crippen LogP contribution in [-0.2, 0) is 20.7 Å². The molecular weight excluding hydrogens is 382 g/mol. The average Bonchev–Trinajstić information content (AvgIpc) is 3.08. The van der Waals surface area contributed by atoms with Crippen molar-refractivity contribution in [3.05, 3.63) is 29.3 Å². The fourth-order valence-corrected chi connectivity index (χ4v) is 6.91. The molecule has 3 atom stereocenters. The van der Waals surface area contributed by atoms with Crippen molar-refractivity contribution in [1.29, 1.82) is 0 Å². The predicted molar refractivity (Wildman–Crippen MR) is 110 cm³/mol. The van der Waals surface area contributed by atoms with Gasteiger partial charge in [-0.3, -0.25) is 14.4 Å². The van der Waals surface area contributed by atoms with Gasteiger partial charge in [-0.2, -0.15) is 0 Å². The Morgan fingerprint density at radius 3 is 2.50 bits per heavy atom. The van der Waals surface area contributed by atoms with Crippen molar-refractivity contribution in [2.75, 3.05) is 11.4 Å². The highest BCUT2D eigenvalue weighted by molar-refractivity contribution is 6.02. The number of carbonyl (C=O) groups is 3. The highest BCUT2D eigenvalue weighted by Gasteiger charge is 2.61. The van der Waals surface area contributed by atoms with Crippen LogP contribution < -0.4 is 4.90 Å². The first-order chi connectivity index (χ1) is 14.2. The van der Waals surface area contributed by atoms with Gasteiger partial charge in [-0.05, 0) is 87.5 Å². The Hall–Kier alpha value is -2.21. The number of carbonyl (C=O) groups excluding carboxylic acids is 3. The molecule has 6 rings (SSSR count). The second-order valence-electron chi connectivity index (χ2n) is 10.1. The Labute approximate surface area is 176 Å². The van der Waals surface area contributed by atoms with Gasteiger partial charge in [0.2, 0.25) is 11.7 Å². The molecule has 0 unspecified atom stereocenters. The number of amides is 1. The van der Waals surface area contributed by atoms with Crippen molar-refractivity contribution in [3.63, 3.8) is 0 Å². The minimum Gasteiger partial charge on any atom is -0.454 e. The molecule has 6 nitrogen and oxygen atoms in total. The fourth-order valence-electron chi connectivity index (χ4n) is 6.91. The third-order valence-corrected chi connectivity index (χ3v) is 7.76. The van der Waals surface area contributed by atoms with Gasteiger partial charge in [-0.15, -0.1) is 0 Å². The third-order valence-electron chi connectivity index (χ3n) is 7.76. The van der Waals surface area contributed by atoms with E-state index in [0.29, 0.717) is 36.8 Å². The molecule has 1 heterocycles. The molecule has 5 aliphatic rings. The average molecular weight is 411 g/mol. The molecule has 1 aromatic carbocycles. The second kappa shape index (κ2) is 6.64. The van der Waals surface area contributed by atoms with E-state index in [9.17, 15) is 19.5 Å². The van der Waals surface area contributed by atoms with Crippen LogP contribution >= 0.6 is 0 Å². The SMILES string of the molecule is CC(=O)N1CCc2cc(C(=O)[C@H](C)OC(=O)C34C[C@H]5C[C@@H](CC(O)(C5)C3)C4)ccc21. The number of aliphatic hydroxyl groups is 1. The second-order valence-corrected chi connectivity index (χ2v) is 10.1. The van der Waals surface area contributed by atoms with Crippen molar-refractivity contribution in [2.45, 2.75) is 70.5 Å². The van der Waals surface area contributed by atoms with Gasteiger partial charge >= 0.3 is 5.97 Å². The number of hydrogen-bond acceptors (Lipinski definition) is 5. The van der Waals surface area contributed by atoms with Crippen LogP contribution in [0.25, 0.3) is 0 Å². The maximum atomic E-state index is 13.2. The van der Waals surface area contributed by atoms with Crippen molar-refractivity contribution in [3.8, 4) is 0 Å². The summed E-state index contributed by atoms with van der Waals surface area (Å²) >= 11 is 0. The Bertz CT molecular complexity index is 924. The monoisotopic (exact) mass is 411 g/mol. The summed E-state index contributed by atoms with van der Waals surface area (Å²) < 4.78 is 5.71. The van der Waals surface area contributed by atoms with Crippen LogP contribution in [0.1, 0.15) is 68.3 Å². The lowest BCUT2D eigenvalue weighted by Gasteiger charge is -2.58. The van der Waals surface area contributed by atoms with E-state index in [2.05, 4.69) is 0 Å². The Morgan fingerprint density at radius 1 is 1.17 bits per heavy atom. The number of fused-ring (bicyclic) bond motifs is 1. The molecule has 0 saturated heterocycles. The standard InChI is InChI=1S/C24H29NO5/c1-14(21(27)19-3-4-20-18(8-19)5-6-25(20)15(2)26)30-22(28)23-9-16-7-17(10-23)12-24(29,11-16)13-23/h3-4,8,14,16-17,29H,5-7,9-13H2,1-2H3/t14-,16+,17+,23?,24?/m0/s1. The molecule has 0 aromatic heterocycles. The summed E-state index contributed by atoms with van der Waals surface area (Å²) in [6, 6.07) is 5.33. The third kappa shape index (κ3) is 3.08. The molecule has 1 N–H and O–H groups in total. The van der Waals surface area contributed by atoms with Gasteiger partial charge in [-0.1, -0.05) is 0 Å². The van der Waals surface area contributed by atoms with Gasteiger partial charge in [0.1, 0.15) is 0 Å². The highest BCUT2D eigenvalue weighted by atomic mass is 16.5. The van der Waals surface area contributed by atoms with Gasteiger partial charge in [0.15, 0.2) is 6.10 Å². The molecule has 1 aliphatic heterocycles. The quantitative estimate of drug-likeness (QED) is 0.608. The Kier molecular flexibility index (Phi) is 4.37. The molecule has 4 aliphatic carbocycles. The summed E-state index contributed by atoms with van der Waals surface area (Å²) in [5.41, 5.74) is 0.957. The van der Waals surface area contributed by atoms with Crippen LogP contribution in [0.4, 0.5) is 5.69 Å². The number of ketones is 1. The van der Waals surface area contributed by atoms with Crippen LogP contribution in [0, 0.1) is 17.3 Å². The summed E-state index contributed by atoms with van der Waals surface area (Å²) in [7, 11) is 0. The smallest absolute Gasteiger partial charge is 0.312 e. The fraction of sp³-hybridized carbons (Fsp3) is 0.625. The highest BCUT2D eigenvalue weighted by Crippen LogP contribution is 2.62. The largest absolute Gasteiger partial charge is 0.454 e. The molecule has 30 heavy (non-hydrogen) atoms. The lowest BCUT2D eigenvalue weighted by molar-refractivity contribution is -0.197. The summed E-state index contributed by atoms with van der Waals surface area (Å²) in [4.78, 5) is 39.6. The van der Waals surface area contributed by atoms with E-state index in [1.165, 1.54) is 6.92 Å². The maximum Gasteiger partial charge on any atom is 0.312 e. The summed E-state index contributed by atoms with van der Waals surface area (Å²) in [6.07, 6.45) is 4.53. The van der Waals surface area contributed by atoms with Crippen LogP contribution in [-0.4, -0.2) is 41.0 Å². The zero-order chi connectivity index (χ0) is 21.3. The molecule has 4 bridgehead atoms. The van der Waals surface area contributed by atoms with Crippen molar-refractivity contribution < 1.29 is 24.2 Å². The lowest BCUT2D eigenvalue weighted by Crippen LogP contribution is -2.58. The van der Waals surface area contributed by atoms with Crippen molar-refractivity contribution in [1.82, 2.24) is 0 Å². The van der Waals surface area contributed by atoms with E-state index in [-0.39, 0.29) is 17.7 Å². The minimum absolute atomic E-state index is 0.00708. The zero-order valence-corrected chi connectivity index (χ0v) is 17.6. The summed E-state index contributed by atoms with van der Waals surface area (Å²) in [6.45, 7) is 3.79. The first-order valence-electron chi connectivity index (χ1n) is 11.1. The first-order valence-corrected chi connectivity index (χ1v) is 11.1. The lowest BCUT2D eigenvalue weighted by atomic mass is 9.48. The van der Waals surface area contributed by atoms with Crippen molar-refractivity contribution >= 4 is 23.3 Å². The number of ether oxygens (including phenoxy) is 1. The molecule has 0 spiro atoms. The molecule has 1 amide bonds. The van der Waals surface area contributed by atoms with Crippen LogP contribution in [0.5, 0.6) is 0 Å². The number of benzene rings is 1. The molecule has 4 saturated carbocycles. The molecular formula is C24H29NO5. The first kappa shape index (κ1) is 19.7. The van der Waals surface area contributed by atoms with E-state index < -0.39 is 17.1 Å². The number of hydrogen-bond donors (Lipinski definition) is 1. The number of esters is 1. The maximum absolute atomic E-state index is 13.2. The summed E-state index contributed by atoms with van der Waals surface area (Å²) in [5.74, 6) is 0.217. The van der Waals surface area contributed by atoms with Crippen molar-refractivity contribution in [2.24, 2.45) is 17.3 Å². The molecule has 6 heteroatoms. The number of Topliss-reactive ketones (excluding diaryl/α,β-unsaturated/α-hetero) is 1. The summed E-state index contributed by atoms with van der Waals surface area (Å²) in [5, 5.41) is 10.9. The normalized spacial score (nSPS) is 34.6. The number of nitrogens with zero attached hydrogens (tertiary/aromatic N) is 1. The van der Waals surface area contributed by atoms with E-state index in [0.717, 1.165) is 43.4 Å². The molecule has 160 valence electrons. The Morgan fingerprint density at radius 2 is 1.87 bits per heavy atom. The van der Waals surface area contributed by atoms with Crippen LogP contribution in [0.15, 0.2) is 18.2 Å². The minimum atomic E-state index is -0.872. The van der Waals surface area contributed by atoms with E-state index in [4.69, 9.17) is 4.74 Å². The van der Waals surface area contributed by atoms with Gasteiger partial charge in [0.05, 0.1) is 11.0 Å². The number of rotatable bonds is 4. The van der Waals surface area contributed by atoms with E-state index in [1.54, 1.807) is 24.0 Å². The number of anilines is 1. The van der Waals surface area contributed by atoms with Crippen LogP contribution in [0.3, 0.4) is 0 Å². The van der Waals surface area contributed by atoms with Gasteiger partial charge < -0.3 is 14.7 Å².